The molecule has 4 heteroatoms. The van der Waals surface area contributed by atoms with Crippen molar-refractivity contribution < 1.29 is 0 Å². The number of rotatable bonds is 4. The van der Waals surface area contributed by atoms with Crippen molar-refractivity contribution in [2.75, 3.05) is 5.32 Å². The van der Waals surface area contributed by atoms with Crippen LogP contribution in [0.15, 0.2) is 24.5 Å². The lowest BCUT2D eigenvalue weighted by Crippen LogP contribution is -2.41. The maximum Gasteiger partial charge on any atom is 0.160 e. The number of hydrogen-bond acceptors (Lipinski definition) is 4. The maximum absolute atomic E-state index is 4.82. The quantitative estimate of drug-likeness (QED) is 0.920. The zero-order valence-corrected chi connectivity index (χ0v) is 13.7. The van der Waals surface area contributed by atoms with Crippen molar-refractivity contribution in [2.45, 2.75) is 58.4 Å². The van der Waals surface area contributed by atoms with E-state index in [-0.39, 0.29) is 5.54 Å². The summed E-state index contributed by atoms with van der Waals surface area (Å²) in [6, 6.07) is 4.05. The summed E-state index contributed by atoms with van der Waals surface area (Å²) in [7, 11) is 0. The van der Waals surface area contributed by atoms with Gasteiger partial charge in [0.15, 0.2) is 5.82 Å². The third kappa shape index (κ3) is 2.70. The number of fused-ring (bicyclic) bond motifs is 1. The van der Waals surface area contributed by atoms with Gasteiger partial charge in [-0.15, -0.1) is 0 Å². The van der Waals surface area contributed by atoms with E-state index < -0.39 is 0 Å². The fourth-order valence-corrected chi connectivity index (χ4v) is 3.41. The first kappa shape index (κ1) is 14.9. The highest BCUT2D eigenvalue weighted by atomic mass is 15.1. The predicted molar refractivity (Wildman–Crippen MR) is 89.9 cm³/mol. The van der Waals surface area contributed by atoms with E-state index in [1.165, 1.54) is 24.8 Å². The smallest absolute Gasteiger partial charge is 0.160 e. The van der Waals surface area contributed by atoms with Crippen molar-refractivity contribution in [3.63, 3.8) is 0 Å². The van der Waals surface area contributed by atoms with Crippen LogP contribution in [0.25, 0.3) is 11.4 Å². The monoisotopic (exact) mass is 296 g/mol. The molecule has 2 aromatic heterocycles. The van der Waals surface area contributed by atoms with Gasteiger partial charge in [0.05, 0.1) is 5.69 Å². The summed E-state index contributed by atoms with van der Waals surface area (Å²) in [5, 5.41) is 3.73. The minimum absolute atomic E-state index is 0.214. The molecule has 1 aliphatic rings. The number of pyridine rings is 1. The van der Waals surface area contributed by atoms with Crippen LogP contribution < -0.4 is 5.32 Å². The largest absolute Gasteiger partial charge is 0.364 e. The van der Waals surface area contributed by atoms with E-state index in [4.69, 9.17) is 4.98 Å². The lowest BCUT2D eigenvalue weighted by Gasteiger charge is -2.39. The van der Waals surface area contributed by atoms with Crippen molar-refractivity contribution in [3.8, 4) is 11.4 Å². The van der Waals surface area contributed by atoms with Gasteiger partial charge in [0, 0.05) is 23.5 Å². The molecule has 1 atom stereocenters. The van der Waals surface area contributed by atoms with Gasteiger partial charge in [0.1, 0.15) is 5.82 Å². The van der Waals surface area contributed by atoms with Crippen molar-refractivity contribution in [2.24, 2.45) is 0 Å². The topological polar surface area (TPSA) is 50.7 Å². The van der Waals surface area contributed by atoms with E-state index in [9.17, 15) is 0 Å². The molecule has 116 valence electrons. The summed E-state index contributed by atoms with van der Waals surface area (Å²) in [4.78, 5) is 13.5. The molecule has 3 heterocycles. The average molecular weight is 296 g/mol. The summed E-state index contributed by atoms with van der Waals surface area (Å²) >= 11 is 0. The van der Waals surface area contributed by atoms with E-state index in [0.29, 0.717) is 0 Å². The van der Waals surface area contributed by atoms with E-state index in [1.807, 2.05) is 13.0 Å². The number of hydrogen-bond donors (Lipinski definition) is 1. The molecule has 22 heavy (non-hydrogen) atoms. The minimum Gasteiger partial charge on any atom is -0.364 e. The fourth-order valence-electron chi connectivity index (χ4n) is 3.41. The van der Waals surface area contributed by atoms with Crippen LogP contribution in [-0.2, 0) is 6.42 Å². The SMILES string of the molecule is CCCC1(CC)CCc2cc(-c3ncccn3)c(C)nc2N1. The first-order valence-electron chi connectivity index (χ1n) is 8.23. The van der Waals surface area contributed by atoms with E-state index in [0.717, 1.165) is 35.7 Å². The van der Waals surface area contributed by atoms with Crippen LogP contribution in [0.5, 0.6) is 0 Å². The lowest BCUT2D eigenvalue weighted by atomic mass is 9.81. The zero-order chi connectivity index (χ0) is 15.6. The second kappa shape index (κ2) is 6.03. The molecule has 0 bridgehead atoms. The van der Waals surface area contributed by atoms with Gasteiger partial charge in [-0.3, -0.25) is 0 Å². The maximum atomic E-state index is 4.82. The Bertz CT molecular complexity index is 654. The van der Waals surface area contributed by atoms with Gasteiger partial charge in [-0.1, -0.05) is 20.3 Å². The Labute approximate surface area is 132 Å². The standard InChI is InChI=1S/C18H24N4/c1-4-8-18(5-2)9-7-14-12-15(13(3)21-16(14)22-18)17-19-10-6-11-20-17/h6,10-12H,4-5,7-9H2,1-3H3,(H,21,22). The molecule has 4 nitrogen and oxygen atoms in total. The molecular formula is C18H24N4. The van der Waals surface area contributed by atoms with E-state index in [2.05, 4.69) is 35.2 Å². The third-order valence-corrected chi connectivity index (χ3v) is 4.76. The van der Waals surface area contributed by atoms with Crippen LogP contribution in [0.3, 0.4) is 0 Å². The molecule has 1 N–H and O–H groups in total. The highest BCUT2D eigenvalue weighted by Crippen LogP contribution is 2.36. The summed E-state index contributed by atoms with van der Waals surface area (Å²) < 4.78 is 0. The Kier molecular flexibility index (Phi) is 4.10. The van der Waals surface area contributed by atoms with Crippen LogP contribution in [0, 0.1) is 6.92 Å². The van der Waals surface area contributed by atoms with E-state index in [1.54, 1.807) is 12.4 Å². The van der Waals surface area contributed by atoms with Gasteiger partial charge < -0.3 is 5.32 Å². The first-order chi connectivity index (χ1) is 10.7. The second-order valence-corrected chi connectivity index (χ2v) is 6.21. The van der Waals surface area contributed by atoms with Crippen LogP contribution in [0.1, 0.15) is 50.8 Å². The highest BCUT2D eigenvalue weighted by molar-refractivity contribution is 5.64. The summed E-state index contributed by atoms with van der Waals surface area (Å²) in [6.45, 7) is 6.56. The third-order valence-electron chi connectivity index (χ3n) is 4.76. The molecule has 0 fully saturated rings. The summed E-state index contributed by atoms with van der Waals surface area (Å²) in [6.07, 6.45) is 9.35. The Hall–Kier alpha value is -1.97. The molecule has 3 rings (SSSR count). The number of nitrogens with one attached hydrogen (secondary N) is 1. The Morgan fingerprint density at radius 2 is 2.00 bits per heavy atom. The number of aromatic nitrogens is 3. The van der Waals surface area contributed by atoms with E-state index >= 15 is 0 Å². The number of aryl methyl sites for hydroxylation is 2. The molecule has 0 radical (unpaired) electrons. The molecule has 1 unspecified atom stereocenters. The fraction of sp³-hybridized carbons (Fsp3) is 0.500. The van der Waals surface area contributed by atoms with Crippen LogP contribution >= 0.6 is 0 Å². The van der Waals surface area contributed by atoms with Gasteiger partial charge >= 0.3 is 0 Å². The van der Waals surface area contributed by atoms with Crippen LogP contribution in [0.4, 0.5) is 5.82 Å². The van der Waals surface area contributed by atoms with Crippen molar-refractivity contribution in [1.29, 1.82) is 0 Å². The first-order valence-corrected chi connectivity index (χ1v) is 8.23. The van der Waals surface area contributed by atoms with Crippen LogP contribution in [0.2, 0.25) is 0 Å². The summed E-state index contributed by atoms with van der Waals surface area (Å²) in [5.41, 5.74) is 3.53. The molecule has 0 saturated heterocycles. The molecule has 0 aromatic carbocycles. The molecular weight excluding hydrogens is 272 g/mol. The van der Waals surface area contributed by atoms with Gasteiger partial charge in [-0.05, 0) is 50.3 Å². The molecule has 2 aromatic rings. The predicted octanol–water partition coefficient (Wildman–Crippen LogP) is 4.15. The Balaban J connectivity index is 1.97. The molecule has 0 amide bonds. The summed E-state index contributed by atoms with van der Waals surface area (Å²) in [5.74, 6) is 1.81. The molecule has 1 aliphatic heterocycles. The number of nitrogens with zero attached hydrogens (tertiary/aromatic N) is 3. The normalized spacial score (nSPS) is 20.3. The van der Waals surface area contributed by atoms with Crippen molar-refractivity contribution >= 4 is 5.82 Å². The highest BCUT2D eigenvalue weighted by Gasteiger charge is 2.32. The van der Waals surface area contributed by atoms with Crippen molar-refractivity contribution in [3.05, 3.63) is 35.8 Å². The molecule has 0 saturated carbocycles. The minimum atomic E-state index is 0.214. The van der Waals surface area contributed by atoms with Gasteiger partial charge in [0.2, 0.25) is 0 Å². The Morgan fingerprint density at radius 3 is 2.68 bits per heavy atom. The molecule has 0 aliphatic carbocycles. The zero-order valence-electron chi connectivity index (χ0n) is 13.7. The van der Waals surface area contributed by atoms with Gasteiger partial charge in [0.25, 0.3) is 0 Å². The molecule has 0 spiro atoms. The van der Waals surface area contributed by atoms with Crippen molar-refractivity contribution in [1.82, 2.24) is 15.0 Å². The number of anilines is 1. The van der Waals surface area contributed by atoms with Gasteiger partial charge in [-0.2, -0.15) is 0 Å². The average Bonchev–Trinajstić information content (AvgIpc) is 2.55. The second-order valence-electron chi connectivity index (χ2n) is 6.21. The Morgan fingerprint density at radius 1 is 1.23 bits per heavy atom. The lowest BCUT2D eigenvalue weighted by molar-refractivity contribution is 0.371. The van der Waals surface area contributed by atoms with Gasteiger partial charge in [-0.25, -0.2) is 15.0 Å². The van der Waals surface area contributed by atoms with Crippen LogP contribution in [-0.4, -0.2) is 20.5 Å².